The molecule has 16 heavy (non-hydrogen) atoms. The molecule has 0 saturated carbocycles. The summed E-state index contributed by atoms with van der Waals surface area (Å²) in [6, 6.07) is 0. The van der Waals surface area contributed by atoms with Gasteiger partial charge in [0.2, 0.25) is 0 Å². The third-order valence-electron chi connectivity index (χ3n) is 2.00. The van der Waals surface area contributed by atoms with E-state index in [9.17, 15) is 4.79 Å². The quantitative estimate of drug-likeness (QED) is 0.717. The van der Waals surface area contributed by atoms with Crippen LogP contribution in [0.3, 0.4) is 0 Å². The van der Waals surface area contributed by atoms with Crippen molar-refractivity contribution in [3.8, 4) is 0 Å². The molecule has 0 aliphatic heterocycles. The molecule has 0 radical (unpaired) electrons. The molecule has 0 unspecified atom stereocenters. The van der Waals surface area contributed by atoms with E-state index in [1.807, 2.05) is 24.1 Å². The summed E-state index contributed by atoms with van der Waals surface area (Å²) in [6.07, 6.45) is 0.984. The standard InChI is InChI=1S/C11H18N2O2S/c1-4-6-13(7-10(14)15-5-2)11-12-9(3)8-16-11/h8H,4-7H2,1-3H3. The third-order valence-corrected chi connectivity index (χ3v) is 3.02. The minimum Gasteiger partial charge on any atom is -0.465 e. The van der Waals surface area contributed by atoms with Gasteiger partial charge in [-0.2, -0.15) is 0 Å². The number of carbonyl (C=O) groups excluding carboxylic acids is 1. The van der Waals surface area contributed by atoms with Gasteiger partial charge in [0.05, 0.1) is 12.3 Å². The predicted octanol–water partition coefficient (Wildman–Crippen LogP) is 2.23. The predicted molar refractivity (Wildman–Crippen MR) is 66.0 cm³/mol. The number of hydrogen-bond acceptors (Lipinski definition) is 5. The van der Waals surface area contributed by atoms with Crippen LogP contribution in [-0.4, -0.2) is 30.6 Å². The van der Waals surface area contributed by atoms with Crippen LogP contribution in [-0.2, 0) is 9.53 Å². The molecule has 1 aromatic rings. The first-order chi connectivity index (χ1) is 7.67. The third kappa shape index (κ3) is 3.81. The Morgan fingerprint density at radius 2 is 2.31 bits per heavy atom. The fraction of sp³-hybridized carbons (Fsp3) is 0.636. The van der Waals surface area contributed by atoms with Crippen molar-refractivity contribution in [2.24, 2.45) is 0 Å². The largest absolute Gasteiger partial charge is 0.465 e. The summed E-state index contributed by atoms with van der Waals surface area (Å²) in [4.78, 5) is 17.8. The molecule has 0 aliphatic carbocycles. The van der Waals surface area contributed by atoms with Gasteiger partial charge in [0, 0.05) is 11.9 Å². The lowest BCUT2D eigenvalue weighted by molar-refractivity contribution is -0.141. The van der Waals surface area contributed by atoms with Crippen LogP contribution in [0.25, 0.3) is 0 Å². The van der Waals surface area contributed by atoms with Crippen LogP contribution in [0.4, 0.5) is 5.13 Å². The van der Waals surface area contributed by atoms with E-state index in [2.05, 4.69) is 11.9 Å². The number of esters is 1. The topological polar surface area (TPSA) is 42.4 Å². The van der Waals surface area contributed by atoms with E-state index in [-0.39, 0.29) is 12.5 Å². The number of thiazole rings is 1. The zero-order valence-corrected chi connectivity index (χ0v) is 10.8. The number of aryl methyl sites for hydroxylation is 1. The Bertz CT molecular complexity index is 338. The van der Waals surface area contributed by atoms with Gasteiger partial charge in [0.15, 0.2) is 5.13 Å². The molecular formula is C11H18N2O2S. The maximum absolute atomic E-state index is 11.4. The second-order valence-corrected chi connectivity index (χ2v) is 4.33. The van der Waals surface area contributed by atoms with E-state index in [0.29, 0.717) is 6.61 Å². The van der Waals surface area contributed by atoms with E-state index in [4.69, 9.17) is 4.74 Å². The van der Waals surface area contributed by atoms with E-state index >= 15 is 0 Å². The van der Waals surface area contributed by atoms with E-state index in [1.165, 1.54) is 0 Å². The van der Waals surface area contributed by atoms with Crippen molar-refractivity contribution in [3.63, 3.8) is 0 Å². The molecule has 0 amide bonds. The minimum atomic E-state index is -0.191. The maximum Gasteiger partial charge on any atom is 0.325 e. The Balaban J connectivity index is 2.64. The lowest BCUT2D eigenvalue weighted by Gasteiger charge is -2.19. The van der Waals surface area contributed by atoms with Crippen LogP contribution in [0.2, 0.25) is 0 Å². The van der Waals surface area contributed by atoms with Crippen LogP contribution in [0.1, 0.15) is 26.0 Å². The van der Waals surface area contributed by atoms with Gasteiger partial charge in [-0.1, -0.05) is 6.92 Å². The Morgan fingerprint density at radius 1 is 1.56 bits per heavy atom. The Hall–Kier alpha value is -1.10. The number of nitrogens with zero attached hydrogens (tertiary/aromatic N) is 2. The van der Waals surface area contributed by atoms with Crippen molar-refractivity contribution in [2.45, 2.75) is 27.2 Å². The number of aromatic nitrogens is 1. The fourth-order valence-electron chi connectivity index (χ4n) is 1.36. The molecule has 5 heteroatoms. The first-order valence-corrected chi connectivity index (χ1v) is 6.38. The Labute approximate surface area is 100 Å². The Kier molecular flexibility index (Phi) is 5.25. The van der Waals surface area contributed by atoms with Crippen molar-refractivity contribution < 1.29 is 9.53 Å². The molecule has 0 aliphatic rings. The lowest BCUT2D eigenvalue weighted by atomic mass is 10.4. The molecule has 90 valence electrons. The smallest absolute Gasteiger partial charge is 0.325 e. The van der Waals surface area contributed by atoms with Crippen LogP contribution in [0.15, 0.2) is 5.38 Å². The highest BCUT2D eigenvalue weighted by atomic mass is 32.1. The highest BCUT2D eigenvalue weighted by Gasteiger charge is 2.14. The summed E-state index contributed by atoms with van der Waals surface area (Å²) in [7, 11) is 0. The minimum absolute atomic E-state index is 0.191. The van der Waals surface area contributed by atoms with Crippen molar-refractivity contribution in [3.05, 3.63) is 11.1 Å². The number of ether oxygens (including phenoxy) is 1. The van der Waals surface area contributed by atoms with Gasteiger partial charge >= 0.3 is 5.97 Å². The summed E-state index contributed by atoms with van der Waals surface area (Å²) in [5.74, 6) is -0.191. The summed E-state index contributed by atoms with van der Waals surface area (Å²) in [6.45, 7) is 7.39. The van der Waals surface area contributed by atoms with E-state index < -0.39 is 0 Å². The molecule has 0 spiro atoms. The molecule has 1 rings (SSSR count). The number of rotatable bonds is 6. The maximum atomic E-state index is 11.4. The average Bonchev–Trinajstić information content (AvgIpc) is 2.64. The lowest BCUT2D eigenvalue weighted by Crippen LogP contribution is -2.31. The number of hydrogen-bond donors (Lipinski definition) is 0. The van der Waals surface area contributed by atoms with Gasteiger partial charge in [0.1, 0.15) is 6.54 Å². The molecule has 0 aromatic carbocycles. The normalized spacial score (nSPS) is 10.2. The van der Waals surface area contributed by atoms with Crippen LogP contribution < -0.4 is 4.90 Å². The highest BCUT2D eigenvalue weighted by Crippen LogP contribution is 2.20. The number of carbonyl (C=O) groups is 1. The van der Waals surface area contributed by atoms with Crippen molar-refractivity contribution in [2.75, 3.05) is 24.6 Å². The van der Waals surface area contributed by atoms with Gasteiger partial charge in [0.25, 0.3) is 0 Å². The van der Waals surface area contributed by atoms with Crippen LogP contribution in [0, 0.1) is 6.92 Å². The van der Waals surface area contributed by atoms with Crippen molar-refractivity contribution >= 4 is 22.4 Å². The van der Waals surface area contributed by atoms with Crippen molar-refractivity contribution in [1.82, 2.24) is 4.98 Å². The summed E-state index contributed by atoms with van der Waals surface area (Å²) in [5, 5.41) is 2.88. The summed E-state index contributed by atoms with van der Waals surface area (Å²) < 4.78 is 4.94. The van der Waals surface area contributed by atoms with Crippen LogP contribution in [0.5, 0.6) is 0 Å². The van der Waals surface area contributed by atoms with Gasteiger partial charge in [-0.3, -0.25) is 4.79 Å². The molecule has 1 aromatic heterocycles. The highest BCUT2D eigenvalue weighted by molar-refractivity contribution is 7.13. The molecule has 0 atom stereocenters. The Morgan fingerprint density at radius 3 is 2.81 bits per heavy atom. The zero-order chi connectivity index (χ0) is 12.0. The van der Waals surface area contributed by atoms with Gasteiger partial charge < -0.3 is 9.64 Å². The molecule has 0 bridgehead atoms. The average molecular weight is 242 g/mol. The monoisotopic (exact) mass is 242 g/mol. The second kappa shape index (κ2) is 6.48. The second-order valence-electron chi connectivity index (χ2n) is 3.50. The molecule has 4 nitrogen and oxygen atoms in total. The molecule has 0 saturated heterocycles. The van der Waals surface area contributed by atoms with Crippen molar-refractivity contribution in [1.29, 1.82) is 0 Å². The first-order valence-electron chi connectivity index (χ1n) is 5.50. The van der Waals surface area contributed by atoms with Gasteiger partial charge in [-0.05, 0) is 20.3 Å². The molecule has 0 fully saturated rings. The molecule has 1 heterocycles. The molecular weight excluding hydrogens is 224 g/mol. The molecule has 0 N–H and O–H groups in total. The van der Waals surface area contributed by atoms with Crippen LogP contribution >= 0.6 is 11.3 Å². The van der Waals surface area contributed by atoms with E-state index in [1.54, 1.807) is 11.3 Å². The fourth-order valence-corrected chi connectivity index (χ4v) is 2.19. The van der Waals surface area contributed by atoms with E-state index in [0.717, 1.165) is 23.8 Å². The summed E-state index contributed by atoms with van der Waals surface area (Å²) >= 11 is 1.56. The zero-order valence-electron chi connectivity index (χ0n) is 10.0. The first kappa shape index (κ1) is 13.0. The number of anilines is 1. The summed E-state index contributed by atoms with van der Waals surface area (Å²) in [5.41, 5.74) is 0.991. The SMILES string of the molecule is CCCN(CC(=O)OCC)c1nc(C)cs1. The van der Waals surface area contributed by atoms with Gasteiger partial charge in [-0.25, -0.2) is 4.98 Å². The van der Waals surface area contributed by atoms with Gasteiger partial charge in [-0.15, -0.1) is 11.3 Å².